The van der Waals surface area contributed by atoms with E-state index in [0.29, 0.717) is 6.04 Å². The van der Waals surface area contributed by atoms with Crippen LogP contribution < -0.4 is 5.73 Å². The van der Waals surface area contributed by atoms with Crippen LogP contribution >= 0.6 is 0 Å². The number of nitrogen functional groups attached to an aromatic ring is 1. The van der Waals surface area contributed by atoms with Crippen molar-refractivity contribution in [1.82, 2.24) is 4.90 Å². The van der Waals surface area contributed by atoms with Crippen LogP contribution in [0.1, 0.15) is 30.5 Å². The van der Waals surface area contributed by atoms with E-state index in [1.807, 2.05) is 31.2 Å². The van der Waals surface area contributed by atoms with Gasteiger partial charge in [0.1, 0.15) is 5.82 Å². The van der Waals surface area contributed by atoms with Gasteiger partial charge in [-0.1, -0.05) is 18.2 Å². The van der Waals surface area contributed by atoms with Gasteiger partial charge in [-0.15, -0.1) is 0 Å². The first-order valence-electron chi connectivity index (χ1n) is 7.29. The standard InChI is InChI=1S/C18H23FN2/c1-13(2)21(11-15-5-4-6-18(20)10-15)12-16-7-8-17(19)9-14(16)3/h4-10,13H,11-12,20H2,1-3H3. The molecule has 0 aliphatic rings. The maximum absolute atomic E-state index is 13.2. The highest BCUT2D eigenvalue weighted by Crippen LogP contribution is 2.18. The quantitative estimate of drug-likeness (QED) is 0.837. The first-order valence-corrected chi connectivity index (χ1v) is 7.29. The Bertz CT molecular complexity index is 608. The maximum Gasteiger partial charge on any atom is 0.123 e. The van der Waals surface area contributed by atoms with Gasteiger partial charge in [-0.25, -0.2) is 4.39 Å². The summed E-state index contributed by atoms with van der Waals surface area (Å²) in [6.45, 7) is 7.94. The zero-order chi connectivity index (χ0) is 15.4. The van der Waals surface area contributed by atoms with Gasteiger partial charge in [0.25, 0.3) is 0 Å². The van der Waals surface area contributed by atoms with Crippen LogP contribution in [-0.2, 0) is 13.1 Å². The Hall–Kier alpha value is -1.87. The van der Waals surface area contributed by atoms with Crippen LogP contribution in [-0.4, -0.2) is 10.9 Å². The van der Waals surface area contributed by atoms with Gasteiger partial charge in [-0.2, -0.15) is 0 Å². The Kier molecular flexibility index (Phi) is 4.97. The molecule has 2 nitrogen and oxygen atoms in total. The molecule has 0 aliphatic heterocycles. The SMILES string of the molecule is Cc1cc(F)ccc1CN(Cc1cccc(N)c1)C(C)C. The first-order chi connectivity index (χ1) is 9.95. The summed E-state index contributed by atoms with van der Waals surface area (Å²) in [7, 11) is 0. The molecule has 2 rings (SSSR count). The van der Waals surface area contributed by atoms with Gasteiger partial charge in [0, 0.05) is 24.8 Å². The Labute approximate surface area is 126 Å². The number of hydrogen-bond donors (Lipinski definition) is 1. The number of rotatable bonds is 5. The molecule has 112 valence electrons. The monoisotopic (exact) mass is 286 g/mol. The Morgan fingerprint density at radius 3 is 2.48 bits per heavy atom. The van der Waals surface area contributed by atoms with Crippen molar-refractivity contribution in [3.63, 3.8) is 0 Å². The second kappa shape index (κ2) is 6.72. The van der Waals surface area contributed by atoms with E-state index in [1.54, 1.807) is 6.07 Å². The van der Waals surface area contributed by atoms with Crippen LogP contribution in [0, 0.1) is 12.7 Å². The molecule has 0 aromatic heterocycles. The van der Waals surface area contributed by atoms with E-state index in [4.69, 9.17) is 5.73 Å². The summed E-state index contributed by atoms with van der Waals surface area (Å²) in [5.41, 5.74) is 9.98. The number of nitrogens with two attached hydrogens (primary N) is 1. The van der Waals surface area contributed by atoms with Crippen molar-refractivity contribution < 1.29 is 4.39 Å². The van der Waals surface area contributed by atoms with Crippen LogP contribution in [0.4, 0.5) is 10.1 Å². The third kappa shape index (κ3) is 4.30. The fourth-order valence-corrected chi connectivity index (χ4v) is 2.40. The van der Waals surface area contributed by atoms with E-state index in [-0.39, 0.29) is 5.82 Å². The summed E-state index contributed by atoms with van der Waals surface area (Å²) in [5.74, 6) is -0.178. The first kappa shape index (κ1) is 15.5. The zero-order valence-corrected chi connectivity index (χ0v) is 12.9. The molecular weight excluding hydrogens is 263 g/mol. The van der Waals surface area contributed by atoms with Crippen molar-refractivity contribution >= 4 is 5.69 Å². The number of anilines is 1. The second-order valence-corrected chi connectivity index (χ2v) is 5.81. The minimum absolute atomic E-state index is 0.178. The summed E-state index contributed by atoms with van der Waals surface area (Å²) in [6, 6.07) is 13.4. The minimum Gasteiger partial charge on any atom is -0.399 e. The Morgan fingerprint density at radius 1 is 1.10 bits per heavy atom. The average Bonchev–Trinajstić information content (AvgIpc) is 2.40. The van der Waals surface area contributed by atoms with Crippen LogP contribution in [0.25, 0.3) is 0 Å². The summed E-state index contributed by atoms with van der Waals surface area (Å²) < 4.78 is 13.2. The zero-order valence-electron chi connectivity index (χ0n) is 12.9. The van der Waals surface area contributed by atoms with E-state index < -0.39 is 0 Å². The fourth-order valence-electron chi connectivity index (χ4n) is 2.40. The predicted octanol–water partition coefficient (Wildman–Crippen LogP) is 4.13. The lowest BCUT2D eigenvalue weighted by molar-refractivity contribution is 0.203. The van der Waals surface area contributed by atoms with Crippen LogP contribution in [0.5, 0.6) is 0 Å². The molecule has 0 spiro atoms. The number of benzene rings is 2. The van der Waals surface area contributed by atoms with Gasteiger partial charge in [-0.05, 0) is 61.7 Å². The highest BCUT2D eigenvalue weighted by atomic mass is 19.1. The number of aryl methyl sites for hydroxylation is 1. The van der Waals surface area contributed by atoms with Crippen molar-refractivity contribution in [3.8, 4) is 0 Å². The second-order valence-electron chi connectivity index (χ2n) is 5.81. The smallest absolute Gasteiger partial charge is 0.123 e. The van der Waals surface area contributed by atoms with E-state index in [1.165, 1.54) is 11.6 Å². The molecule has 21 heavy (non-hydrogen) atoms. The van der Waals surface area contributed by atoms with Crippen LogP contribution in [0.3, 0.4) is 0 Å². The van der Waals surface area contributed by atoms with Gasteiger partial charge in [0.15, 0.2) is 0 Å². The Balaban J connectivity index is 2.16. The molecule has 0 saturated heterocycles. The van der Waals surface area contributed by atoms with E-state index in [2.05, 4.69) is 24.8 Å². The molecule has 0 unspecified atom stereocenters. The predicted molar refractivity (Wildman–Crippen MR) is 86.4 cm³/mol. The van der Waals surface area contributed by atoms with E-state index in [0.717, 1.165) is 29.9 Å². The topological polar surface area (TPSA) is 29.3 Å². The molecular formula is C18H23FN2. The van der Waals surface area contributed by atoms with Gasteiger partial charge in [-0.3, -0.25) is 4.90 Å². The molecule has 2 N–H and O–H groups in total. The number of hydrogen-bond acceptors (Lipinski definition) is 2. The molecule has 3 heteroatoms. The summed E-state index contributed by atoms with van der Waals surface area (Å²) >= 11 is 0. The van der Waals surface area contributed by atoms with Crippen molar-refractivity contribution in [1.29, 1.82) is 0 Å². The Morgan fingerprint density at radius 2 is 1.86 bits per heavy atom. The number of halogens is 1. The molecule has 0 fully saturated rings. The molecule has 0 amide bonds. The summed E-state index contributed by atoms with van der Waals surface area (Å²) in [4.78, 5) is 2.36. The third-order valence-electron chi connectivity index (χ3n) is 3.75. The van der Waals surface area contributed by atoms with Gasteiger partial charge in [0.2, 0.25) is 0 Å². The molecule has 2 aromatic carbocycles. The normalized spacial score (nSPS) is 11.3. The highest BCUT2D eigenvalue weighted by Gasteiger charge is 2.12. The summed E-state index contributed by atoms with van der Waals surface area (Å²) in [6.07, 6.45) is 0. The van der Waals surface area contributed by atoms with E-state index in [9.17, 15) is 4.39 Å². The lowest BCUT2D eigenvalue weighted by Gasteiger charge is -2.27. The van der Waals surface area contributed by atoms with Crippen molar-refractivity contribution in [2.45, 2.75) is 39.9 Å². The molecule has 0 bridgehead atoms. The fraction of sp³-hybridized carbons (Fsp3) is 0.333. The van der Waals surface area contributed by atoms with E-state index >= 15 is 0 Å². The molecule has 0 saturated carbocycles. The maximum atomic E-state index is 13.2. The van der Waals surface area contributed by atoms with Gasteiger partial charge < -0.3 is 5.73 Å². The van der Waals surface area contributed by atoms with Crippen LogP contribution in [0.2, 0.25) is 0 Å². The van der Waals surface area contributed by atoms with Gasteiger partial charge >= 0.3 is 0 Å². The summed E-state index contributed by atoms with van der Waals surface area (Å²) in [5, 5.41) is 0. The average molecular weight is 286 g/mol. The molecule has 0 radical (unpaired) electrons. The minimum atomic E-state index is -0.178. The molecule has 0 heterocycles. The van der Waals surface area contributed by atoms with Gasteiger partial charge in [0.05, 0.1) is 0 Å². The molecule has 0 atom stereocenters. The van der Waals surface area contributed by atoms with Crippen molar-refractivity contribution in [3.05, 3.63) is 65.0 Å². The van der Waals surface area contributed by atoms with Crippen LogP contribution in [0.15, 0.2) is 42.5 Å². The van der Waals surface area contributed by atoms with Crippen molar-refractivity contribution in [2.75, 3.05) is 5.73 Å². The number of nitrogens with zero attached hydrogens (tertiary/aromatic N) is 1. The highest BCUT2D eigenvalue weighted by molar-refractivity contribution is 5.40. The molecule has 2 aromatic rings. The van der Waals surface area contributed by atoms with Crippen molar-refractivity contribution in [2.24, 2.45) is 0 Å². The lowest BCUT2D eigenvalue weighted by atomic mass is 10.1. The largest absolute Gasteiger partial charge is 0.399 e. The molecule has 0 aliphatic carbocycles. The lowest BCUT2D eigenvalue weighted by Crippen LogP contribution is -2.30. The third-order valence-corrected chi connectivity index (χ3v) is 3.75.